The van der Waals surface area contributed by atoms with Crippen molar-refractivity contribution in [3.8, 4) is 22.9 Å². The van der Waals surface area contributed by atoms with E-state index in [0.717, 1.165) is 11.3 Å². The second-order valence-corrected chi connectivity index (χ2v) is 6.80. The summed E-state index contributed by atoms with van der Waals surface area (Å²) < 4.78 is 15.7. The fourth-order valence-electron chi connectivity index (χ4n) is 2.87. The summed E-state index contributed by atoms with van der Waals surface area (Å²) in [5, 5.41) is 9.47. The number of rotatable bonds is 11. The van der Waals surface area contributed by atoms with Crippen LogP contribution in [0.15, 0.2) is 53.1 Å². The minimum Gasteiger partial charge on any atom is -0.497 e. The number of benzene rings is 2. The molecule has 32 heavy (non-hydrogen) atoms. The van der Waals surface area contributed by atoms with Gasteiger partial charge in [-0.2, -0.15) is 4.98 Å². The van der Waals surface area contributed by atoms with Crippen LogP contribution in [0.3, 0.4) is 0 Å². The van der Waals surface area contributed by atoms with Crippen molar-refractivity contribution < 1.29 is 23.6 Å². The third kappa shape index (κ3) is 6.56. The monoisotopic (exact) mass is 438 g/mol. The number of carbonyl (C=O) groups excluding carboxylic acids is 2. The molecule has 0 radical (unpaired) electrons. The van der Waals surface area contributed by atoms with Crippen LogP contribution in [0.1, 0.15) is 29.6 Å². The van der Waals surface area contributed by atoms with E-state index in [-0.39, 0.29) is 18.2 Å². The summed E-state index contributed by atoms with van der Waals surface area (Å²) in [6, 6.07) is 14.2. The number of amides is 2. The second-order valence-electron chi connectivity index (χ2n) is 6.80. The summed E-state index contributed by atoms with van der Waals surface area (Å²) in [6.45, 7) is 3.16. The van der Waals surface area contributed by atoms with Gasteiger partial charge in [0.15, 0.2) is 0 Å². The number of aromatic nitrogens is 2. The molecule has 0 unspecified atom stereocenters. The van der Waals surface area contributed by atoms with Gasteiger partial charge in [0.25, 0.3) is 5.91 Å². The van der Waals surface area contributed by atoms with Crippen LogP contribution in [0, 0.1) is 0 Å². The van der Waals surface area contributed by atoms with Crippen molar-refractivity contribution >= 4 is 11.8 Å². The number of methoxy groups -OCH3 is 1. The lowest BCUT2D eigenvalue weighted by Crippen LogP contribution is -2.34. The molecular formula is C23H26N4O5. The lowest BCUT2D eigenvalue weighted by Gasteiger charge is -2.07. The topological polar surface area (TPSA) is 116 Å². The third-order valence-electron chi connectivity index (χ3n) is 4.54. The number of hydrogen-bond acceptors (Lipinski definition) is 7. The molecule has 0 aliphatic heterocycles. The molecule has 1 heterocycles. The van der Waals surface area contributed by atoms with Crippen molar-refractivity contribution in [2.45, 2.75) is 19.8 Å². The lowest BCUT2D eigenvalue weighted by molar-refractivity contribution is -0.121. The summed E-state index contributed by atoms with van der Waals surface area (Å²) in [6.07, 6.45) is 0.533. The van der Waals surface area contributed by atoms with E-state index in [1.54, 1.807) is 31.4 Å². The van der Waals surface area contributed by atoms with E-state index >= 15 is 0 Å². The second kappa shape index (κ2) is 11.5. The molecule has 0 spiro atoms. The van der Waals surface area contributed by atoms with Gasteiger partial charge >= 0.3 is 0 Å². The quantitative estimate of drug-likeness (QED) is 0.442. The van der Waals surface area contributed by atoms with Crippen molar-refractivity contribution in [3.05, 3.63) is 60.0 Å². The van der Waals surface area contributed by atoms with Gasteiger partial charge in [0.1, 0.15) is 11.5 Å². The van der Waals surface area contributed by atoms with Gasteiger partial charge in [-0.1, -0.05) is 5.16 Å². The van der Waals surface area contributed by atoms with E-state index in [1.165, 1.54) is 0 Å². The van der Waals surface area contributed by atoms with Crippen molar-refractivity contribution in [3.63, 3.8) is 0 Å². The zero-order chi connectivity index (χ0) is 22.8. The molecule has 0 bridgehead atoms. The van der Waals surface area contributed by atoms with Crippen LogP contribution in [0.4, 0.5) is 0 Å². The highest BCUT2D eigenvalue weighted by Gasteiger charge is 2.11. The molecule has 0 fully saturated rings. The van der Waals surface area contributed by atoms with Crippen molar-refractivity contribution in [1.82, 2.24) is 20.8 Å². The molecule has 9 nitrogen and oxygen atoms in total. The van der Waals surface area contributed by atoms with Crippen LogP contribution in [0.25, 0.3) is 11.4 Å². The maximum atomic E-state index is 12.1. The summed E-state index contributed by atoms with van der Waals surface area (Å²) in [5.41, 5.74) is 1.33. The Morgan fingerprint density at radius 2 is 1.66 bits per heavy atom. The Hall–Kier alpha value is -3.88. The lowest BCUT2D eigenvalue weighted by atomic mass is 10.2. The van der Waals surface area contributed by atoms with Crippen LogP contribution in [-0.4, -0.2) is 48.8 Å². The SMILES string of the molecule is CCOc1ccc(-c2noc(CCC(=O)NCCNC(=O)c3ccc(OC)cc3)n2)cc1. The van der Waals surface area contributed by atoms with Gasteiger partial charge in [-0.15, -0.1) is 0 Å². The fourth-order valence-corrected chi connectivity index (χ4v) is 2.87. The van der Waals surface area contributed by atoms with Gasteiger partial charge in [0, 0.05) is 37.1 Å². The predicted octanol–water partition coefficient (Wildman–Crippen LogP) is 2.62. The van der Waals surface area contributed by atoms with Crippen molar-refractivity contribution in [2.75, 3.05) is 26.8 Å². The zero-order valence-electron chi connectivity index (χ0n) is 18.1. The van der Waals surface area contributed by atoms with Crippen molar-refractivity contribution in [1.29, 1.82) is 0 Å². The summed E-state index contributed by atoms with van der Waals surface area (Å²) >= 11 is 0. The van der Waals surface area contributed by atoms with Gasteiger partial charge in [-0.05, 0) is 55.5 Å². The van der Waals surface area contributed by atoms with E-state index in [2.05, 4.69) is 20.8 Å². The first kappa shape index (κ1) is 22.8. The van der Waals surface area contributed by atoms with E-state index in [1.807, 2.05) is 31.2 Å². The Morgan fingerprint density at radius 1 is 0.969 bits per heavy atom. The smallest absolute Gasteiger partial charge is 0.251 e. The highest BCUT2D eigenvalue weighted by atomic mass is 16.5. The molecule has 0 saturated carbocycles. The molecule has 2 N–H and O–H groups in total. The first-order valence-corrected chi connectivity index (χ1v) is 10.3. The van der Waals surface area contributed by atoms with E-state index in [4.69, 9.17) is 14.0 Å². The number of nitrogens with zero attached hydrogens (tertiary/aromatic N) is 2. The Kier molecular flexibility index (Phi) is 8.19. The first-order chi connectivity index (χ1) is 15.6. The molecule has 0 aliphatic carbocycles. The van der Waals surface area contributed by atoms with Gasteiger partial charge in [-0.3, -0.25) is 9.59 Å². The number of aryl methyl sites for hydroxylation is 1. The summed E-state index contributed by atoms with van der Waals surface area (Å²) in [7, 11) is 1.57. The van der Waals surface area contributed by atoms with Gasteiger partial charge in [-0.25, -0.2) is 0 Å². The standard InChI is InChI=1S/C23H26N4O5/c1-3-31-19-10-4-16(5-11-19)22-26-21(32-27-22)13-12-20(28)24-14-15-25-23(29)17-6-8-18(30-2)9-7-17/h4-11H,3,12-15H2,1-2H3,(H,24,28)(H,25,29). The molecule has 0 saturated heterocycles. The maximum absolute atomic E-state index is 12.1. The largest absolute Gasteiger partial charge is 0.497 e. The Bertz CT molecular complexity index is 1020. The van der Waals surface area contributed by atoms with Gasteiger partial charge in [0.2, 0.25) is 17.6 Å². The average molecular weight is 438 g/mol. The van der Waals surface area contributed by atoms with Crippen LogP contribution >= 0.6 is 0 Å². The Balaban J connectivity index is 1.36. The minimum atomic E-state index is -0.213. The number of ether oxygens (including phenoxy) is 2. The van der Waals surface area contributed by atoms with Gasteiger partial charge < -0.3 is 24.6 Å². The van der Waals surface area contributed by atoms with E-state index in [0.29, 0.717) is 49.1 Å². The Morgan fingerprint density at radius 3 is 2.34 bits per heavy atom. The molecule has 0 atom stereocenters. The molecule has 3 rings (SSSR count). The molecule has 2 aromatic carbocycles. The number of hydrogen-bond donors (Lipinski definition) is 2. The van der Waals surface area contributed by atoms with Crippen molar-refractivity contribution in [2.24, 2.45) is 0 Å². The zero-order valence-corrected chi connectivity index (χ0v) is 18.1. The minimum absolute atomic E-state index is 0.162. The Labute approximate surface area is 186 Å². The van der Waals surface area contributed by atoms with Crippen LogP contribution in [-0.2, 0) is 11.2 Å². The van der Waals surface area contributed by atoms with Crippen LogP contribution in [0.5, 0.6) is 11.5 Å². The van der Waals surface area contributed by atoms with E-state index < -0.39 is 0 Å². The predicted molar refractivity (Wildman–Crippen MR) is 118 cm³/mol. The fraction of sp³-hybridized carbons (Fsp3) is 0.304. The molecule has 1 aromatic heterocycles. The molecule has 0 aliphatic rings. The molecule has 2 amide bonds. The molecule has 9 heteroatoms. The molecule has 3 aromatic rings. The van der Waals surface area contributed by atoms with Crippen LogP contribution in [0.2, 0.25) is 0 Å². The molecule has 168 valence electrons. The third-order valence-corrected chi connectivity index (χ3v) is 4.54. The van der Waals surface area contributed by atoms with E-state index in [9.17, 15) is 9.59 Å². The van der Waals surface area contributed by atoms with Gasteiger partial charge in [0.05, 0.1) is 13.7 Å². The normalized spacial score (nSPS) is 10.4. The highest BCUT2D eigenvalue weighted by molar-refractivity contribution is 5.94. The highest BCUT2D eigenvalue weighted by Crippen LogP contribution is 2.20. The summed E-state index contributed by atoms with van der Waals surface area (Å²) in [5.74, 6) is 1.93. The number of nitrogens with one attached hydrogen (secondary N) is 2. The first-order valence-electron chi connectivity index (χ1n) is 10.3. The summed E-state index contributed by atoms with van der Waals surface area (Å²) in [4.78, 5) is 28.4. The van der Waals surface area contributed by atoms with Crippen LogP contribution < -0.4 is 20.1 Å². The average Bonchev–Trinajstić information content (AvgIpc) is 3.30. The molecular weight excluding hydrogens is 412 g/mol. The number of carbonyl (C=O) groups is 2. The maximum Gasteiger partial charge on any atom is 0.251 e.